The van der Waals surface area contributed by atoms with Crippen molar-refractivity contribution in [2.75, 3.05) is 32.8 Å². The number of allylic oxidation sites excluding steroid dienone is 3. The summed E-state index contributed by atoms with van der Waals surface area (Å²) in [5, 5.41) is 0. The topological polar surface area (TPSA) is 75.9 Å². The molecule has 0 radical (unpaired) electrons. The number of nitrogens with two attached hydrogens (primary N) is 1. The van der Waals surface area contributed by atoms with E-state index in [9.17, 15) is 22.8 Å². The van der Waals surface area contributed by atoms with Gasteiger partial charge in [0.2, 0.25) is 11.6 Å². The lowest BCUT2D eigenvalue weighted by molar-refractivity contribution is -0.256. The number of ether oxygens (including phenoxy) is 1. The molecule has 2 aliphatic carbocycles. The third-order valence-electron chi connectivity index (χ3n) is 9.27. The Hall–Kier alpha value is -2.95. The molecule has 2 atom stereocenters. The van der Waals surface area contributed by atoms with E-state index in [0.717, 1.165) is 6.07 Å². The van der Waals surface area contributed by atoms with Gasteiger partial charge in [-0.1, -0.05) is 30.7 Å². The van der Waals surface area contributed by atoms with Crippen LogP contribution >= 0.6 is 0 Å². The number of hydrogen-bond acceptors (Lipinski definition) is 4. The molecule has 0 bridgehead atoms. The number of benzene rings is 1. The highest BCUT2D eigenvalue weighted by Gasteiger charge is 2.58. The van der Waals surface area contributed by atoms with Gasteiger partial charge >= 0.3 is 6.18 Å². The molecule has 5 rings (SSSR count). The zero-order valence-corrected chi connectivity index (χ0v) is 22.9. The third-order valence-corrected chi connectivity index (χ3v) is 9.27. The van der Waals surface area contributed by atoms with Gasteiger partial charge in [-0.05, 0) is 75.2 Å². The van der Waals surface area contributed by atoms with Gasteiger partial charge in [-0.2, -0.15) is 13.2 Å². The van der Waals surface area contributed by atoms with Crippen molar-refractivity contribution in [1.82, 2.24) is 9.80 Å². The number of alkyl halides is 4. The second-order valence-corrected chi connectivity index (χ2v) is 11.9. The minimum absolute atomic E-state index is 0.000957. The number of carbonyl (C=O) groups excluding carboxylic acids is 2. The number of primary amides is 1. The molecule has 3 fully saturated rings. The lowest BCUT2D eigenvalue weighted by atomic mass is 9.67. The van der Waals surface area contributed by atoms with E-state index in [2.05, 4.69) is 0 Å². The van der Waals surface area contributed by atoms with Crippen molar-refractivity contribution in [3.05, 3.63) is 47.8 Å². The average molecular weight is 582 g/mol. The van der Waals surface area contributed by atoms with E-state index in [1.54, 1.807) is 6.08 Å². The van der Waals surface area contributed by atoms with Gasteiger partial charge in [0, 0.05) is 25.1 Å². The number of halogens is 5. The maximum absolute atomic E-state index is 16.4. The maximum atomic E-state index is 16.4. The van der Waals surface area contributed by atoms with Crippen LogP contribution in [0.25, 0.3) is 5.57 Å². The maximum Gasteiger partial charge on any atom is 0.395 e. The molecule has 2 aliphatic heterocycles. The van der Waals surface area contributed by atoms with E-state index in [-0.39, 0.29) is 61.8 Å². The van der Waals surface area contributed by atoms with Crippen molar-refractivity contribution < 1.29 is 36.3 Å². The van der Waals surface area contributed by atoms with Gasteiger partial charge < -0.3 is 20.3 Å². The fourth-order valence-corrected chi connectivity index (χ4v) is 6.56. The van der Waals surface area contributed by atoms with Crippen molar-refractivity contribution in [1.29, 1.82) is 0 Å². The van der Waals surface area contributed by atoms with Crippen LogP contribution < -0.4 is 10.5 Å². The van der Waals surface area contributed by atoms with E-state index in [1.165, 1.54) is 29.2 Å². The number of carbonyl (C=O) groups is 2. The van der Waals surface area contributed by atoms with Crippen molar-refractivity contribution in [3.8, 4) is 5.75 Å². The standard InChI is InChI=1S/C30H36F5N3O3/c31-23-17-21(22-5-1-2-13-29(22,32)27(40)38-14-3-6-24(38)26(36)39)7-8-25(23)41-18-20-9-15-37(16-10-20)19-28(11-4-12-28)30(33,34)35/h1-2,5,7-8,17,20,24H,3-4,6,9-16,18-19H2,(H2,36,39)/t24-,29?/m0/s1. The lowest BCUT2D eigenvalue weighted by Gasteiger charge is -2.47. The number of rotatable bonds is 8. The molecule has 2 N–H and O–H groups in total. The number of hydrogen-bond donors (Lipinski definition) is 1. The van der Waals surface area contributed by atoms with Crippen LogP contribution in [-0.2, 0) is 9.59 Å². The predicted octanol–water partition coefficient (Wildman–Crippen LogP) is 5.18. The summed E-state index contributed by atoms with van der Waals surface area (Å²) in [5.74, 6) is -2.19. The van der Waals surface area contributed by atoms with Crippen molar-refractivity contribution in [2.24, 2.45) is 17.1 Å². The van der Waals surface area contributed by atoms with Crippen LogP contribution in [0, 0.1) is 17.2 Å². The fourth-order valence-electron chi connectivity index (χ4n) is 6.56. The smallest absolute Gasteiger partial charge is 0.395 e. The van der Waals surface area contributed by atoms with Crippen LogP contribution in [0.3, 0.4) is 0 Å². The van der Waals surface area contributed by atoms with Crippen LogP contribution in [0.4, 0.5) is 22.0 Å². The molecular weight excluding hydrogens is 545 g/mol. The molecule has 6 nitrogen and oxygen atoms in total. The Balaban J connectivity index is 1.19. The van der Waals surface area contributed by atoms with Crippen molar-refractivity contribution in [3.63, 3.8) is 0 Å². The first kappa shape index (κ1) is 29.5. The molecule has 11 heteroatoms. The monoisotopic (exact) mass is 581 g/mol. The summed E-state index contributed by atoms with van der Waals surface area (Å²) in [4.78, 5) is 28.2. The second-order valence-electron chi connectivity index (χ2n) is 11.9. The Morgan fingerprint density at radius 3 is 2.41 bits per heavy atom. The van der Waals surface area contributed by atoms with Gasteiger partial charge in [0.05, 0.1) is 12.0 Å². The summed E-state index contributed by atoms with van der Waals surface area (Å²) >= 11 is 0. The molecule has 1 aromatic carbocycles. The Labute approximate surface area is 236 Å². The van der Waals surface area contributed by atoms with E-state index >= 15 is 8.78 Å². The molecule has 0 aromatic heterocycles. The summed E-state index contributed by atoms with van der Waals surface area (Å²) in [5.41, 5.74) is 1.56. The number of nitrogens with zero attached hydrogens (tertiary/aromatic N) is 2. The number of amides is 2. The van der Waals surface area contributed by atoms with Gasteiger partial charge in [-0.15, -0.1) is 0 Å². The largest absolute Gasteiger partial charge is 0.490 e. The van der Waals surface area contributed by atoms with Crippen LogP contribution in [0.5, 0.6) is 5.75 Å². The number of likely N-dealkylation sites (tertiary alicyclic amines) is 2. The molecule has 1 aromatic rings. The summed E-state index contributed by atoms with van der Waals surface area (Å²) in [6.07, 6.45) is 3.33. The predicted molar refractivity (Wildman–Crippen MR) is 143 cm³/mol. The van der Waals surface area contributed by atoms with E-state index in [1.807, 2.05) is 4.90 Å². The second kappa shape index (κ2) is 11.4. The SMILES string of the molecule is NC(=O)[C@@H]1CCCN1C(=O)C1(F)CC=CC=C1c1ccc(OCC2CCN(CC3(C(F)(F)F)CCC3)CC2)c(F)c1. The molecule has 1 saturated carbocycles. The van der Waals surface area contributed by atoms with E-state index < -0.39 is 40.9 Å². The van der Waals surface area contributed by atoms with Gasteiger partial charge in [0.1, 0.15) is 6.04 Å². The molecule has 2 amide bonds. The van der Waals surface area contributed by atoms with Gasteiger partial charge in [-0.3, -0.25) is 9.59 Å². The molecule has 1 unspecified atom stereocenters. The van der Waals surface area contributed by atoms with E-state index in [0.29, 0.717) is 45.2 Å². The van der Waals surface area contributed by atoms with Crippen LogP contribution in [0.2, 0.25) is 0 Å². The Morgan fingerprint density at radius 2 is 1.80 bits per heavy atom. The van der Waals surface area contributed by atoms with Gasteiger partial charge in [-0.25, -0.2) is 8.78 Å². The fraction of sp³-hybridized carbons (Fsp3) is 0.600. The lowest BCUT2D eigenvalue weighted by Crippen LogP contribution is -2.53. The van der Waals surface area contributed by atoms with Gasteiger partial charge in [0.25, 0.3) is 5.91 Å². The molecule has 224 valence electrons. The van der Waals surface area contributed by atoms with Gasteiger partial charge in [0.15, 0.2) is 11.6 Å². The average Bonchev–Trinajstić information content (AvgIpc) is 3.40. The van der Waals surface area contributed by atoms with Crippen LogP contribution in [0.1, 0.15) is 56.9 Å². The zero-order valence-electron chi connectivity index (χ0n) is 22.9. The summed E-state index contributed by atoms with van der Waals surface area (Å²) < 4.78 is 77.8. The summed E-state index contributed by atoms with van der Waals surface area (Å²) in [7, 11) is 0. The zero-order chi connectivity index (χ0) is 29.4. The summed E-state index contributed by atoms with van der Waals surface area (Å²) in [6.45, 7) is 1.54. The first-order valence-electron chi connectivity index (χ1n) is 14.3. The Morgan fingerprint density at radius 1 is 1.07 bits per heavy atom. The van der Waals surface area contributed by atoms with E-state index in [4.69, 9.17) is 10.5 Å². The normalized spacial score (nSPS) is 26.9. The van der Waals surface area contributed by atoms with Crippen LogP contribution in [-0.4, -0.2) is 72.3 Å². The molecule has 0 spiro atoms. The highest BCUT2D eigenvalue weighted by atomic mass is 19.4. The third kappa shape index (κ3) is 5.74. The quantitative estimate of drug-likeness (QED) is 0.430. The highest BCUT2D eigenvalue weighted by Crippen LogP contribution is 2.53. The highest BCUT2D eigenvalue weighted by molar-refractivity contribution is 6.02. The molecule has 2 saturated heterocycles. The Bertz CT molecular complexity index is 1220. The van der Waals surface area contributed by atoms with Crippen molar-refractivity contribution >= 4 is 17.4 Å². The summed E-state index contributed by atoms with van der Waals surface area (Å²) in [6, 6.07) is 3.16. The molecule has 41 heavy (non-hydrogen) atoms. The first-order chi connectivity index (χ1) is 19.4. The minimum Gasteiger partial charge on any atom is -0.490 e. The molecular formula is C30H36F5N3O3. The minimum atomic E-state index is -4.19. The first-order valence-corrected chi connectivity index (χ1v) is 14.3. The van der Waals surface area contributed by atoms with Crippen LogP contribution in [0.15, 0.2) is 36.4 Å². The molecule has 4 aliphatic rings. The Kier molecular flexibility index (Phi) is 8.20. The molecule has 2 heterocycles. The number of piperidine rings is 1. The van der Waals surface area contributed by atoms with Crippen molar-refractivity contribution in [2.45, 2.75) is 69.3 Å².